The van der Waals surface area contributed by atoms with Gasteiger partial charge in [-0.15, -0.1) is 0 Å². The van der Waals surface area contributed by atoms with Crippen molar-refractivity contribution in [2.24, 2.45) is 17.3 Å². The summed E-state index contributed by atoms with van der Waals surface area (Å²) in [5.74, 6) is -3.34. The number of hydrogen-bond donors (Lipinski definition) is 1. The highest BCUT2D eigenvalue weighted by molar-refractivity contribution is 8.25. The van der Waals surface area contributed by atoms with Crippen LogP contribution >= 0.6 is 9.44 Å². The Hall–Kier alpha value is -2.47. The Balaban J connectivity index is 1.52. The molecule has 244 valence electrons. The number of fused-ring (bicyclic) bond motifs is 4. The molecule has 45 heavy (non-hydrogen) atoms. The number of allylic oxidation sites excluding steroid dienone is 4. The van der Waals surface area contributed by atoms with E-state index in [1.54, 1.807) is 12.5 Å². The Bertz CT molecular complexity index is 1620. The second-order valence-corrected chi connectivity index (χ2v) is 19.6. The molecule has 2 aromatic rings. The average Bonchev–Trinajstić information content (AvgIpc) is 3.62. The maximum Gasteiger partial charge on any atom is 0.334 e. The summed E-state index contributed by atoms with van der Waals surface area (Å²) in [5.41, 5.74) is 2.63. The summed E-state index contributed by atoms with van der Waals surface area (Å²) in [4.78, 5) is 16.6. The van der Waals surface area contributed by atoms with Gasteiger partial charge in [-0.2, -0.15) is 18.2 Å². The van der Waals surface area contributed by atoms with Crippen molar-refractivity contribution in [1.82, 2.24) is 9.55 Å². The summed E-state index contributed by atoms with van der Waals surface area (Å²) in [7, 11) is -2.00. The van der Waals surface area contributed by atoms with Gasteiger partial charge in [0.1, 0.15) is 5.60 Å². The van der Waals surface area contributed by atoms with E-state index < -0.39 is 26.4 Å². The molecule has 7 heteroatoms. The molecule has 1 aromatic carbocycles. The lowest BCUT2D eigenvalue weighted by Crippen LogP contribution is -2.60. The van der Waals surface area contributed by atoms with Crippen LogP contribution in [0, 0.1) is 22.4 Å². The van der Waals surface area contributed by atoms with Crippen LogP contribution < -0.4 is 0 Å². The number of alkyl halides is 2. The first kappa shape index (κ1) is 32.5. The fourth-order valence-electron chi connectivity index (χ4n) is 10.1. The molecule has 4 nitrogen and oxygen atoms in total. The molecule has 2 fully saturated rings. The molecule has 1 N–H and O–H groups in total. The van der Waals surface area contributed by atoms with Crippen molar-refractivity contribution in [1.29, 1.82) is 0 Å². The zero-order chi connectivity index (χ0) is 32.5. The summed E-state index contributed by atoms with van der Waals surface area (Å²) >= 11 is 0. The van der Waals surface area contributed by atoms with Gasteiger partial charge in [0, 0.05) is 35.8 Å². The van der Waals surface area contributed by atoms with Crippen molar-refractivity contribution >= 4 is 15.2 Å². The van der Waals surface area contributed by atoms with Crippen LogP contribution in [0.15, 0.2) is 65.8 Å². The number of hydrogen-bond acceptors (Lipinski definition) is 3. The summed E-state index contributed by atoms with van der Waals surface area (Å²) in [5, 5.41) is 15.7. The smallest absolute Gasteiger partial charge is 0.334 e. The predicted octanol–water partition coefficient (Wildman–Crippen LogP) is 9.13. The van der Waals surface area contributed by atoms with Crippen LogP contribution in [-0.4, -0.2) is 47.7 Å². The van der Waals surface area contributed by atoms with Crippen molar-refractivity contribution in [2.75, 3.05) is 0 Å². The van der Waals surface area contributed by atoms with E-state index in [-0.39, 0.29) is 45.7 Å². The predicted molar refractivity (Wildman–Crippen MR) is 181 cm³/mol. The number of aliphatic hydroxyl groups is 1. The SMILES string of the molecule is CC(C)S(#CC(F)(F)[C@]1(O)CCC2C3CCC4=CC(=O)CCC4=C3C(c3ccc(-n4ccnc4)cc3)C[C@@]21C)(C(C)C)C(C)C. The minimum atomic E-state index is -3.46. The number of halogens is 2. The zero-order valence-electron chi connectivity index (χ0n) is 27.9. The maximum absolute atomic E-state index is 17.2. The van der Waals surface area contributed by atoms with Crippen LogP contribution in [0.25, 0.3) is 5.69 Å². The summed E-state index contributed by atoms with van der Waals surface area (Å²) in [6.45, 7) is 14.2. The number of ketones is 1. The topological polar surface area (TPSA) is 55.1 Å². The molecular weight excluding hydrogens is 586 g/mol. The van der Waals surface area contributed by atoms with Crippen molar-refractivity contribution in [3.63, 3.8) is 0 Å². The highest BCUT2D eigenvalue weighted by Crippen LogP contribution is 2.69. The molecule has 3 unspecified atom stereocenters. The van der Waals surface area contributed by atoms with Crippen molar-refractivity contribution < 1.29 is 18.7 Å². The molecule has 1 heterocycles. The van der Waals surface area contributed by atoms with Crippen LogP contribution in [0.4, 0.5) is 8.78 Å². The Morgan fingerprint density at radius 2 is 1.69 bits per heavy atom. The van der Waals surface area contributed by atoms with Crippen LogP contribution in [-0.2, 0) is 4.79 Å². The first-order valence-electron chi connectivity index (χ1n) is 16.9. The van der Waals surface area contributed by atoms with E-state index >= 15 is 8.78 Å². The molecule has 0 aliphatic heterocycles. The van der Waals surface area contributed by atoms with Crippen LogP contribution in [0.1, 0.15) is 105 Å². The van der Waals surface area contributed by atoms with Crippen molar-refractivity contribution in [2.45, 2.75) is 127 Å². The Labute approximate surface area is 268 Å². The molecule has 4 aliphatic rings. The van der Waals surface area contributed by atoms with Gasteiger partial charge in [0.25, 0.3) is 0 Å². The third-order valence-corrected chi connectivity index (χ3v) is 17.4. The lowest BCUT2D eigenvalue weighted by molar-refractivity contribution is -0.208. The van der Waals surface area contributed by atoms with E-state index in [1.807, 2.05) is 65.3 Å². The normalized spacial score (nSPS) is 30.4. The minimum Gasteiger partial charge on any atom is -0.382 e. The van der Waals surface area contributed by atoms with Crippen LogP contribution in [0.2, 0.25) is 0 Å². The number of imidazole rings is 1. The quantitative estimate of drug-likeness (QED) is 0.366. The Morgan fingerprint density at radius 1 is 1.02 bits per heavy atom. The molecule has 2 saturated carbocycles. The van der Waals surface area contributed by atoms with Gasteiger partial charge in [0.15, 0.2) is 5.78 Å². The molecule has 5 atom stereocenters. The minimum absolute atomic E-state index is 0.0268. The summed E-state index contributed by atoms with van der Waals surface area (Å²) in [6.07, 6.45) is 11.2. The molecular formula is C38H50F2N2O2S. The summed E-state index contributed by atoms with van der Waals surface area (Å²) < 4.78 is 36.3. The lowest BCUT2D eigenvalue weighted by Gasteiger charge is -2.55. The second kappa shape index (κ2) is 11.3. The van der Waals surface area contributed by atoms with Crippen molar-refractivity contribution in [3.05, 3.63) is 71.3 Å². The Morgan fingerprint density at radius 3 is 2.29 bits per heavy atom. The van der Waals surface area contributed by atoms with Gasteiger partial charge in [-0.05, 0) is 101 Å². The van der Waals surface area contributed by atoms with Gasteiger partial charge < -0.3 is 9.67 Å². The molecule has 0 amide bonds. The van der Waals surface area contributed by atoms with Gasteiger partial charge in [0.05, 0.1) is 6.33 Å². The van der Waals surface area contributed by atoms with E-state index in [0.29, 0.717) is 25.7 Å². The monoisotopic (exact) mass is 636 g/mol. The molecule has 0 radical (unpaired) electrons. The fraction of sp³-hybridized carbons (Fsp3) is 0.605. The number of rotatable bonds is 3. The highest BCUT2D eigenvalue weighted by Gasteiger charge is 2.71. The molecule has 0 spiro atoms. The fourth-order valence-corrected chi connectivity index (χ4v) is 14.6. The van der Waals surface area contributed by atoms with Crippen LogP contribution in [0.3, 0.4) is 0 Å². The van der Waals surface area contributed by atoms with Crippen LogP contribution in [0.5, 0.6) is 0 Å². The van der Waals surface area contributed by atoms with E-state index in [0.717, 1.165) is 29.7 Å². The van der Waals surface area contributed by atoms with Gasteiger partial charge in [-0.1, -0.05) is 71.4 Å². The number of nitrogens with zero attached hydrogens (tertiary/aromatic N) is 2. The lowest BCUT2D eigenvalue weighted by atomic mass is 9.50. The highest BCUT2D eigenvalue weighted by atomic mass is 32.2. The van der Waals surface area contributed by atoms with Gasteiger partial charge in [-0.25, -0.2) is 4.98 Å². The number of carbonyl (C=O) groups is 1. The zero-order valence-corrected chi connectivity index (χ0v) is 28.8. The number of benzene rings is 1. The number of carbonyl (C=O) groups excluding carboxylic acids is 1. The molecule has 4 aliphatic carbocycles. The largest absolute Gasteiger partial charge is 0.382 e. The standard InChI is InChI=1S/C38H50F2N2O2S/c1-24(2)45(25(3)4,26(5)6)22-38(39,40)37(44)17-16-34-32-14-10-28-20-30(43)13-15-31(28)35(32)33(21-36(34,37)7)27-8-11-29(12-9-27)42-19-18-41-23-42/h8-9,11-12,18-20,23-26,32-34,44H,10,13-17,21H2,1-7H3/t32?,33?,34?,36-,37-/m0/s1. The van der Waals surface area contributed by atoms with Gasteiger partial charge >= 0.3 is 5.92 Å². The van der Waals surface area contributed by atoms with E-state index in [2.05, 4.69) is 34.4 Å². The van der Waals surface area contributed by atoms with Gasteiger partial charge in [-0.3, -0.25) is 4.79 Å². The van der Waals surface area contributed by atoms with Crippen molar-refractivity contribution in [3.8, 4) is 10.9 Å². The summed E-state index contributed by atoms with van der Waals surface area (Å²) in [6, 6.07) is 8.38. The average molecular weight is 637 g/mol. The second-order valence-electron chi connectivity index (χ2n) is 15.0. The third-order valence-electron chi connectivity index (χ3n) is 12.1. The Kier molecular flexibility index (Phi) is 8.19. The van der Waals surface area contributed by atoms with E-state index in [4.69, 9.17) is 0 Å². The molecule has 6 rings (SSSR count). The van der Waals surface area contributed by atoms with Gasteiger partial charge in [0.2, 0.25) is 0 Å². The number of aromatic nitrogens is 2. The molecule has 0 saturated heterocycles. The first-order valence-corrected chi connectivity index (χ1v) is 18.7. The third kappa shape index (κ3) is 4.86. The molecule has 0 bridgehead atoms. The van der Waals surface area contributed by atoms with E-state index in [9.17, 15) is 9.90 Å². The van der Waals surface area contributed by atoms with E-state index in [1.165, 1.54) is 11.1 Å². The first-order chi connectivity index (χ1) is 21.2. The maximum atomic E-state index is 17.2. The molecule has 1 aromatic heterocycles.